The normalized spacial score (nSPS) is 11.2. The molecule has 0 aromatic carbocycles. The summed E-state index contributed by atoms with van der Waals surface area (Å²) in [6, 6.07) is 0. The van der Waals surface area contributed by atoms with E-state index in [0.717, 1.165) is 41.8 Å². The van der Waals surface area contributed by atoms with Gasteiger partial charge in [0.1, 0.15) is 16.0 Å². The summed E-state index contributed by atoms with van der Waals surface area (Å²) < 4.78 is 0. The summed E-state index contributed by atoms with van der Waals surface area (Å²) >= 11 is 7.80. The number of hydrogen-bond donors (Lipinski definition) is 0. The molecule has 1 aromatic rings. The van der Waals surface area contributed by atoms with Gasteiger partial charge in [-0.25, -0.2) is 9.97 Å². The molecule has 0 radical (unpaired) electrons. The molecular formula is C12H20ClN3S. The van der Waals surface area contributed by atoms with Crippen LogP contribution < -0.4 is 0 Å². The second kappa shape index (κ2) is 7.19. The van der Waals surface area contributed by atoms with Gasteiger partial charge in [0, 0.05) is 17.9 Å². The van der Waals surface area contributed by atoms with Gasteiger partial charge in [0.2, 0.25) is 0 Å². The first kappa shape index (κ1) is 14.7. The molecular weight excluding hydrogens is 254 g/mol. The Bertz CT molecular complexity index is 367. The molecule has 0 fully saturated rings. The van der Waals surface area contributed by atoms with Gasteiger partial charge in [0.25, 0.3) is 0 Å². The Morgan fingerprint density at radius 2 is 1.82 bits per heavy atom. The van der Waals surface area contributed by atoms with Crippen molar-refractivity contribution in [3.05, 3.63) is 16.5 Å². The highest BCUT2D eigenvalue weighted by atomic mass is 35.5. The molecule has 1 rings (SSSR count). The first-order chi connectivity index (χ1) is 8.08. The average molecular weight is 274 g/mol. The molecule has 3 nitrogen and oxygen atoms in total. The SMILES string of the molecule is CCN(CC)CCSc1nc(C)nc(Cl)c1C. The van der Waals surface area contributed by atoms with Crippen molar-refractivity contribution in [2.24, 2.45) is 0 Å². The van der Waals surface area contributed by atoms with Crippen LogP contribution in [-0.4, -0.2) is 40.3 Å². The van der Waals surface area contributed by atoms with Crippen molar-refractivity contribution in [1.82, 2.24) is 14.9 Å². The van der Waals surface area contributed by atoms with Crippen molar-refractivity contribution in [2.45, 2.75) is 32.7 Å². The fraction of sp³-hybridized carbons (Fsp3) is 0.667. The second-order valence-electron chi connectivity index (χ2n) is 3.87. The van der Waals surface area contributed by atoms with Gasteiger partial charge in [-0.1, -0.05) is 25.4 Å². The zero-order chi connectivity index (χ0) is 12.8. The van der Waals surface area contributed by atoms with Crippen LogP contribution >= 0.6 is 23.4 Å². The molecule has 0 amide bonds. The van der Waals surface area contributed by atoms with Crippen molar-refractivity contribution >= 4 is 23.4 Å². The molecule has 17 heavy (non-hydrogen) atoms. The Kier molecular flexibility index (Phi) is 6.23. The fourth-order valence-electron chi connectivity index (χ4n) is 1.52. The van der Waals surface area contributed by atoms with Gasteiger partial charge in [0.15, 0.2) is 0 Å². The Morgan fingerprint density at radius 3 is 2.41 bits per heavy atom. The number of hydrogen-bond acceptors (Lipinski definition) is 4. The third-order valence-corrected chi connectivity index (χ3v) is 4.12. The highest BCUT2D eigenvalue weighted by molar-refractivity contribution is 7.99. The molecule has 1 heterocycles. The Balaban J connectivity index is 2.57. The smallest absolute Gasteiger partial charge is 0.136 e. The van der Waals surface area contributed by atoms with Gasteiger partial charge >= 0.3 is 0 Å². The van der Waals surface area contributed by atoms with Crippen molar-refractivity contribution in [1.29, 1.82) is 0 Å². The van der Waals surface area contributed by atoms with Gasteiger partial charge in [-0.15, -0.1) is 11.8 Å². The lowest BCUT2D eigenvalue weighted by molar-refractivity contribution is 0.324. The number of nitrogens with zero attached hydrogens (tertiary/aromatic N) is 3. The number of rotatable bonds is 6. The van der Waals surface area contributed by atoms with E-state index in [1.54, 1.807) is 11.8 Å². The van der Waals surface area contributed by atoms with Crippen LogP contribution in [0.3, 0.4) is 0 Å². The first-order valence-corrected chi connectivity index (χ1v) is 7.30. The molecule has 0 atom stereocenters. The summed E-state index contributed by atoms with van der Waals surface area (Å²) in [7, 11) is 0. The second-order valence-corrected chi connectivity index (χ2v) is 5.31. The van der Waals surface area contributed by atoms with Crippen LogP contribution in [0.15, 0.2) is 5.03 Å². The molecule has 0 unspecified atom stereocenters. The minimum absolute atomic E-state index is 0.572. The summed E-state index contributed by atoms with van der Waals surface area (Å²) in [5.74, 6) is 1.78. The fourth-order valence-corrected chi connectivity index (χ4v) is 2.84. The molecule has 0 bridgehead atoms. The van der Waals surface area contributed by atoms with Crippen LogP contribution in [0.25, 0.3) is 0 Å². The van der Waals surface area contributed by atoms with Gasteiger partial charge < -0.3 is 4.90 Å². The lowest BCUT2D eigenvalue weighted by Gasteiger charge is -2.17. The quantitative estimate of drug-likeness (QED) is 0.588. The maximum absolute atomic E-state index is 6.04. The van der Waals surface area contributed by atoms with Crippen LogP contribution in [0.4, 0.5) is 0 Å². The van der Waals surface area contributed by atoms with Crippen molar-refractivity contribution in [3.8, 4) is 0 Å². The Labute approximate surface area is 113 Å². The van der Waals surface area contributed by atoms with Gasteiger partial charge in [0.05, 0.1) is 0 Å². The van der Waals surface area contributed by atoms with Crippen LogP contribution in [0, 0.1) is 13.8 Å². The number of halogens is 1. The van der Waals surface area contributed by atoms with E-state index in [0.29, 0.717) is 5.15 Å². The maximum atomic E-state index is 6.04. The molecule has 0 aliphatic heterocycles. The Morgan fingerprint density at radius 1 is 1.18 bits per heavy atom. The standard InChI is InChI=1S/C12H20ClN3S/c1-5-16(6-2)7-8-17-12-9(3)11(13)14-10(4)15-12/h5-8H2,1-4H3. The zero-order valence-corrected chi connectivity index (χ0v) is 12.5. The zero-order valence-electron chi connectivity index (χ0n) is 11.0. The summed E-state index contributed by atoms with van der Waals surface area (Å²) in [5.41, 5.74) is 0.988. The maximum Gasteiger partial charge on any atom is 0.136 e. The minimum Gasteiger partial charge on any atom is -0.303 e. The topological polar surface area (TPSA) is 29.0 Å². The molecule has 0 N–H and O–H groups in total. The predicted molar refractivity (Wildman–Crippen MR) is 75.0 cm³/mol. The Hall–Kier alpha value is -0.320. The van der Waals surface area contributed by atoms with Crippen molar-refractivity contribution in [2.75, 3.05) is 25.4 Å². The number of aromatic nitrogens is 2. The molecule has 96 valence electrons. The van der Waals surface area contributed by atoms with E-state index in [2.05, 4.69) is 28.7 Å². The molecule has 0 saturated heterocycles. The number of aryl methyl sites for hydroxylation is 1. The molecule has 5 heteroatoms. The molecule has 1 aromatic heterocycles. The summed E-state index contributed by atoms with van der Waals surface area (Å²) in [6.45, 7) is 11.5. The van der Waals surface area contributed by atoms with Crippen molar-refractivity contribution in [3.63, 3.8) is 0 Å². The van der Waals surface area contributed by atoms with Crippen molar-refractivity contribution < 1.29 is 0 Å². The van der Waals surface area contributed by atoms with Gasteiger partial charge in [-0.3, -0.25) is 0 Å². The van der Waals surface area contributed by atoms with E-state index in [4.69, 9.17) is 11.6 Å². The summed E-state index contributed by atoms with van der Waals surface area (Å²) in [4.78, 5) is 11.0. The average Bonchev–Trinajstić information content (AvgIpc) is 2.30. The monoisotopic (exact) mass is 273 g/mol. The predicted octanol–water partition coefficient (Wildman–Crippen LogP) is 3.18. The van der Waals surface area contributed by atoms with E-state index >= 15 is 0 Å². The lowest BCUT2D eigenvalue weighted by Crippen LogP contribution is -2.25. The third-order valence-electron chi connectivity index (χ3n) is 2.69. The van der Waals surface area contributed by atoms with E-state index in [1.807, 2.05) is 13.8 Å². The molecule has 0 aliphatic rings. The van der Waals surface area contributed by atoms with Crippen LogP contribution in [-0.2, 0) is 0 Å². The summed E-state index contributed by atoms with van der Waals surface area (Å²) in [6.07, 6.45) is 0. The lowest BCUT2D eigenvalue weighted by atomic mass is 10.4. The van der Waals surface area contributed by atoms with Gasteiger partial charge in [-0.05, 0) is 26.9 Å². The highest BCUT2D eigenvalue weighted by Gasteiger charge is 2.08. The van der Waals surface area contributed by atoms with E-state index in [1.165, 1.54) is 0 Å². The van der Waals surface area contributed by atoms with Crippen LogP contribution in [0.1, 0.15) is 25.2 Å². The highest BCUT2D eigenvalue weighted by Crippen LogP contribution is 2.24. The first-order valence-electron chi connectivity index (χ1n) is 5.94. The molecule has 0 aliphatic carbocycles. The van der Waals surface area contributed by atoms with E-state index in [-0.39, 0.29) is 0 Å². The third kappa shape index (κ3) is 4.45. The molecule has 0 saturated carbocycles. The number of thioether (sulfide) groups is 1. The van der Waals surface area contributed by atoms with E-state index < -0.39 is 0 Å². The van der Waals surface area contributed by atoms with E-state index in [9.17, 15) is 0 Å². The minimum atomic E-state index is 0.572. The van der Waals surface area contributed by atoms with Gasteiger partial charge in [-0.2, -0.15) is 0 Å². The largest absolute Gasteiger partial charge is 0.303 e. The summed E-state index contributed by atoms with van der Waals surface area (Å²) in [5, 5.41) is 1.58. The van der Waals surface area contributed by atoms with Crippen LogP contribution in [0.2, 0.25) is 5.15 Å². The van der Waals surface area contributed by atoms with Crippen LogP contribution in [0.5, 0.6) is 0 Å². The molecule has 0 spiro atoms.